The topological polar surface area (TPSA) is 111 Å². The fourth-order valence-electron chi connectivity index (χ4n) is 3.28. The molecule has 2 N–H and O–H groups in total. The quantitative estimate of drug-likeness (QED) is 0.490. The number of ether oxygens (including phenoxy) is 1. The van der Waals surface area contributed by atoms with Gasteiger partial charge in [0.15, 0.2) is 29.0 Å². The van der Waals surface area contributed by atoms with Gasteiger partial charge >= 0.3 is 0 Å². The zero-order valence-electron chi connectivity index (χ0n) is 19.3. The van der Waals surface area contributed by atoms with E-state index in [9.17, 15) is 23.5 Å². The summed E-state index contributed by atoms with van der Waals surface area (Å²) in [6.07, 6.45) is 3.03. The van der Waals surface area contributed by atoms with Crippen molar-refractivity contribution in [2.75, 3.05) is 5.32 Å². The Balaban J connectivity index is 1.82. The van der Waals surface area contributed by atoms with Crippen LogP contribution in [0.25, 0.3) is 0 Å². The predicted octanol–water partition coefficient (Wildman–Crippen LogP) is 3.51. The molecule has 0 bridgehead atoms. The highest BCUT2D eigenvalue weighted by Crippen LogP contribution is 2.26. The Hall–Kier alpha value is -3.60. The van der Waals surface area contributed by atoms with Crippen LogP contribution in [0.3, 0.4) is 0 Å². The van der Waals surface area contributed by atoms with Gasteiger partial charge in [0.1, 0.15) is 6.04 Å². The van der Waals surface area contributed by atoms with Gasteiger partial charge in [0.05, 0.1) is 18.3 Å². The molecule has 0 radical (unpaired) electrons. The van der Waals surface area contributed by atoms with Crippen LogP contribution in [-0.4, -0.2) is 36.2 Å². The second-order valence-electron chi connectivity index (χ2n) is 8.97. The molecule has 34 heavy (non-hydrogen) atoms. The number of amides is 1. The number of rotatable bonds is 9. The van der Waals surface area contributed by atoms with Crippen LogP contribution >= 0.6 is 0 Å². The molecule has 0 saturated heterocycles. The summed E-state index contributed by atoms with van der Waals surface area (Å²) in [7, 11) is 0. The van der Waals surface area contributed by atoms with E-state index in [1.54, 1.807) is 26.1 Å². The number of halogens is 2. The van der Waals surface area contributed by atoms with Crippen molar-refractivity contribution in [1.82, 2.24) is 19.6 Å². The first-order valence-electron chi connectivity index (χ1n) is 10.7. The molecule has 0 aliphatic heterocycles. The first-order valence-corrected chi connectivity index (χ1v) is 10.7. The van der Waals surface area contributed by atoms with Crippen LogP contribution in [0.4, 0.5) is 14.6 Å². The van der Waals surface area contributed by atoms with Gasteiger partial charge in [-0.2, -0.15) is 10.2 Å². The Morgan fingerprint density at radius 1 is 1.24 bits per heavy atom. The van der Waals surface area contributed by atoms with Gasteiger partial charge in [-0.25, -0.2) is 13.5 Å². The number of hydrogen-bond acceptors (Lipinski definition) is 6. The zero-order valence-corrected chi connectivity index (χ0v) is 19.3. The smallest absolute Gasteiger partial charge is 0.271 e. The summed E-state index contributed by atoms with van der Waals surface area (Å²) in [4.78, 5) is 25.8. The summed E-state index contributed by atoms with van der Waals surface area (Å²) >= 11 is 0. The van der Waals surface area contributed by atoms with Gasteiger partial charge in [-0.05, 0) is 38.3 Å². The molecule has 1 atom stereocenters. The summed E-state index contributed by atoms with van der Waals surface area (Å²) in [5, 5.41) is 20.8. The number of benzene rings is 1. The molecule has 3 aromatic rings. The van der Waals surface area contributed by atoms with Gasteiger partial charge < -0.3 is 15.2 Å². The molecule has 3 rings (SSSR count). The van der Waals surface area contributed by atoms with Crippen molar-refractivity contribution in [2.24, 2.45) is 5.92 Å². The highest BCUT2D eigenvalue weighted by molar-refractivity contribution is 5.92. The number of hydrogen-bond donors (Lipinski definition) is 2. The van der Waals surface area contributed by atoms with Gasteiger partial charge in [0.25, 0.3) is 11.5 Å². The standard InChI is InChI=1S/C23H27F2N5O4/c1-14(2)10-18(22(32)27-19-8-9-29(28-19)13-23(3,4)33)30-20(31)11-15(12-26-30)34-21-16(24)6-5-7-17(21)25/h5-9,11-12,14,18,33H,10,13H2,1-4H3,(H,27,28,32)/t18-/m0/s1. The third-order valence-electron chi connectivity index (χ3n) is 4.67. The maximum atomic E-state index is 13.8. The molecule has 182 valence electrons. The number of para-hydroxylation sites is 1. The number of nitrogens with zero attached hydrogens (tertiary/aromatic N) is 4. The van der Waals surface area contributed by atoms with E-state index < -0.39 is 40.5 Å². The molecule has 1 aromatic carbocycles. The highest BCUT2D eigenvalue weighted by atomic mass is 19.1. The van der Waals surface area contributed by atoms with Crippen LogP contribution in [0.1, 0.15) is 40.2 Å². The normalized spacial score (nSPS) is 12.6. The van der Waals surface area contributed by atoms with E-state index in [2.05, 4.69) is 15.5 Å². The molecule has 11 heteroatoms. The summed E-state index contributed by atoms with van der Waals surface area (Å²) in [6, 6.07) is 4.87. The Bertz CT molecular complexity index is 1200. The van der Waals surface area contributed by atoms with Crippen LogP contribution in [0, 0.1) is 17.6 Å². The van der Waals surface area contributed by atoms with E-state index in [0.717, 1.165) is 29.1 Å². The monoisotopic (exact) mass is 475 g/mol. The lowest BCUT2D eigenvalue weighted by atomic mass is 10.0. The zero-order chi connectivity index (χ0) is 25.0. The second-order valence-corrected chi connectivity index (χ2v) is 8.97. The molecule has 9 nitrogen and oxygen atoms in total. The first-order chi connectivity index (χ1) is 15.9. The minimum atomic E-state index is -0.986. The van der Waals surface area contributed by atoms with Crippen molar-refractivity contribution in [3.63, 3.8) is 0 Å². The number of anilines is 1. The summed E-state index contributed by atoms with van der Waals surface area (Å²) in [5.41, 5.74) is -1.66. The molecule has 0 aliphatic carbocycles. The van der Waals surface area contributed by atoms with Crippen molar-refractivity contribution in [2.45, 2.75) is 52.3 Å². The van der Waals surface area contributed by atoms with E-state index in [1.807, 2.05) is 13.8 Å². The SMILES string of the molecule is CC(C)C[C@@H](C(=O)Nc1ccn(CC(C)(C)O)n1)n1ncc(Oc2c(F)cccc2F)cc1=O. The van der Waals surface area contributed by atoms with E-state index in [-0.39, 0.29) is 24.0 Å². The van der Waals surface area contributed by atoms with Crippen molar-refractivity contribution < 1.29 is 23.4 Å². The second kappa shape index (κ2) is 10.1. The number of nitrogens with one attached hydrogen (secondary N) is 1. The molecule has 0 spiro atoms. The average molecular weight is 475 g/mol. The van der Waals surface area contributed by atoms with Crippen LogP contribution in [0.2, 0.25) is 0 Å². The van der Waals surface area contributed by atoms with Crippen molar-refractivity contribution in [1.29, 1.82) is 0 Å². The van der Waals surface area contributed by atoms with Gasteiger partial charge in [0.2, 0.25) is 0 Å². The summed E-state index contributed by atoms with van der Waals surface area (Å²) in [6.45, 7) is 7.28. The number of carbonyl (C=O) groups is 1. The molecule has 0 aliphatic rings. The predicted molar refractivity (Wildman–Crippen MR) is 121 cm³/mol. The Morgan fingerprint density at radius 2 is 1.91 bits per heavy atom. The Labute approximate surface area is 195 Å². The third-order valence-corrected chi connectivity index (χ3v) is 4.67. The lowest BCUT2D eigenvalue weighted by Gasteiger charge is -2.20. The number of carbonyl (C=O) groups excluding carboxylic acids is 1. The fourth-order valence-corrected chi connectivity index (χ4v) is 3.28. The molecule has 1 amide bonds. The minimum absolute atomic E-state index is 0.0423. The summed E-state index contributed by atoms with van der Waals surface area (Å²) < 4.78 is 35.4. The van der Waals surface area contributed by atoms with Gasteiger partial charge in [-0.3, -0.25) is 14.3 Å². The van der Waals surface area contributed by atoms with Crippen LogP contribution < -0.4 is 15.6 Å². The van der Waals surface area contributed by atoms with Crippen molar-refractivity contribution in [3.8, 4) is 11.5 Å². The van der Waals surface area contributed by atoms with Crippen LogP contribution in [0.15, 0.2) is 47.5 Å². The molecule has 2 heterocycles. The van der Waals surface area contributed by atoms with E-state index >= 15 is 0 Å². The fraction of sp³-hybridized carbons (Fsp3) is 0.391. The lowest BCUT2D eigenvalue weighted by Crippen LogP contribution is -2.35. The van der Waals surface area contributed by atoms with Crippen LogP contribution in [-0.2, 0) is 11.3 Å². The first kappa shape index (κ1) is 25.0. The number of aromatic nitrogens is 4. The highest BCUT2D eigenvalue weighted by Gasteiger charge is 2.25. The largest absolute Gasteiger partial charge is 0.449 e. The van der Waals surface area contributed by atoms with Crippen LogP contribution in [0.5, 0.6) is 11.5 Å². The van der Waals surface area contributed by atoms with E-state index in [1.165, 1.54) is 10.7 Å². The Kier molecular flexibility index (Phi) is 7.45. The molecular weight excluding hydrogens is 448 g/mol. The van der Waals surface area contributed by atoms with Gasteiger partial charge in [-0.15, -0.1) is 0 Å². The summed E-state index contributed by atoms with van der Waals surface area (Å²) in [5.74, 6) is -2.88. The maximum Gasteiger partial charge on any atom is 0.271 e. The van der Waals surface area contributed by atoms with Crippen molar-refractivity contribution in [3.05, 3.63) is 64.7 Å². The molecule has 0 unspecified atom stereocenters. The number of aliphatic hydroxyl groups is 1. The lowest BCUT2D eigenvalue weighted by molar-refractivity contribution is -0.120. The van der Waals surface area contributed by atoms with E-state index in [4.69, 9.17) is 4.74 Å². The third kappa shape index (κ3) is 6.47. The minimum Gasteiger partial charge on any atom is -0.449 e. The maximum absolute atomic E-state index is 13.8. The average Bonchev–Trinajstić information content (AvgIpc) is 3.14. The molecule has 0 saturated carbocycles. The molecule has 0 fully saturated rings. The molecule has 2 aromatic heterocycles. The van der Waals surface area contributed by atoms with E-state index in [0.29, 0.717) is 6.42 Å². The van der Waals surface area contributed by atoms with Crippen molar-refractivity contribution >= 4 is 11.7 Å². The Morgan fingerprint density at radius 3 is 2.50 bits per heavy atom. The molecular formula is C23H27F2N5O4. The van der Waals surface area contributed by atoms with Gasteiger partial charge in [0, 0.05) is 18.3 Å². The van der Waals surface area contributed by atoms with Gasteiger partial charge in [-0.1, -0.05) is 19.9 Å².